The van der Waals surface area contributed by atoms with E-state index in [9.17, 15) is 5.11 Å². The van der Waals surface area contributed by atoms with Crippen LogP contribution in [-0.4, -0.2) is 14.7 Å². The highest BCUT2D eigenvalue weighted by molar-refractivity contribution is 7.03. The Morgan fingerprint density at radius 3 is 3.07 bits per heavy atom. The molecule has 1 heterocycles. The summed E-state index contributed by atoms with van der Waals surface area (Å²) in [5.41, 5.74) is 1.77. The van der Waals surface area contributed by atoms with Crippen LogP contribution >= 0.6 is 11.5 Å². The molecule has 0 unspecified atom stereocenters. The Labute approximate surface area is 85.4 Å². The lowest BCUT2D eigenvalue weighted by atomic mass is 10.3. The first kappa shape index (κ1) is 8.96. The molecule has 72 valence electrons. The molecule has 0 fully saturated rings. The lowest BCUT2D eigenvalue weighted by molar-refractivity contribution is 0.475. The summed E-state index contributed by atoms with van der Waals surface area (Å²) in [6.07, 6.45) is 0. The number of benzene rings is 1. The van der Waals surface area contributed by atoms with E-state index in [4.69, 9.17) is 0 Å². The minimum absolute atomic E-state index is 0.256. The number of rotatable bonds is 3. The van der Waals surface area contributed by atoms with E-state index in [1.807, 2.05) is 11.4 Å². The summed E-state index contributed by atoms with van der Waals surface area (Å²) in [4.78, 5) is 0. The number of aromatic hydroxyl groups is 1. The Balaban J connectivity index is 1.98. The Bertz CT molecular complexity index is 402. The third-order valence-electron chi connectivity index (χ3n) is 1.72. The number of phenolic OH excluding ortho intramolecular Hbond substituents is 1. The van der Waals surface area contributed by atoms with Crippen molar-refractivity contribution in [2.75, 3.05) is 5.32 Å². The summed E-state index contributed by atoms with van der Waals surface area (Å²) >= 11 is 1.33. The largest absolute Gasteiger partial charge is 0.508 e. The summed E-state index contributed by atoms with van der Waals surface area (Å²) in [7, 11) is 0. The van der Waals surface area contributed by atoms with Crippen molar-refractivity contribution in [2.45, 2.75) is 6.54 Å². The van der Waals surface area contributed by atoms with E-state index >= 15 is 0 Å². The van der Waals surface area contributed by atoms with E-state index in [0.717, 1.165) is 11.4 Å². The summed E-state index contributed by atoms with van der Waals surface area (Å²) in [5.74, 6) is 0.256. The molecule has 0 atom stereocenters. The molecule has 0 bridgehead atoms. The van der Waals surface area contributed by atoms with Gasteiger partial charge in [-0.2, -0.15) is 0 Å². The minimum Gasteiger partial charge on any atom is -0.508 e. The summed E-state index contributed by atoms with van der Waals surface area (Å²) in [5, 5.41) is 18.1. The van der Waals surface area contributed by atoms with Gasteiger partial charge >= 0.3 is 0 Å². The standard InChI is InChI=1S/C9H9N3OS/c13-9-3-1-2-7(4-9)10-5-8-6-14-12-11-8/h1-4,6,10,13H,5H2. The van der Waals surface area contributed by atoms with E-state index in [2.05, 4.69) is 14.9 Å². The molecule has 0 spiro atoms. The Morgan fingerprint density at radius 2 is 2.36 bits per heavy atom. The van der Waals surface area contributed by atoms with Crippen molar-refractivity contribution < 1.29 is 5.11 Å². The second-order valence-electron chi connectivity index (χ2n) is 2.80. The number of nitrogens with zero attached hydrogens (tertiary/aromatic N) is 2. The van der Waals surface area contributed by atoms with E-state index in [1.54, 1.807) is 18.2 Å². The highest BCUT2D eigenvalue weighted by Gasteiger charge is 1.96. The maximum atomic E-state index is 9.20. The molecule has 0 saturated heterocycles. The quantitative estimate of drug-likeness (QED) is 0.806. The molecule has 5 heteroatoms. The van der Waals surface area contributed by atoms with Gasteiger partial charge < -0.3 is 10.4 Å². The first-order valence-electron chi connectivity index (χ1n) is 4.13. The van der Waals surface area contributed by atoms with Gasteiger partial charge in [-0.25, -0.2) is 0 Å². The van der Waals surface area contributed by atoms with Gasteiger partial charge in [0, 0.05) is 17.1 Å². The second-order valence-corrected chi connectivity index (χ2v) is 3.41. The van der Waals surface area contributed by atoms with Crippen LogP contribution in [0.15, 0.2) is 29.6 Å². The van der Waals surface area contributed by atoms with E-state index in [0.29, 0.717) is 6.54 Å². The van der Waals surface area contributed by atoms with Crippen molar-refractivity contribution in [1.82, 2.24) is 9.59 Å². The number of aromatic nitrogens is 2. The van der Waals surface area contributed by atoms with Gasteiger partial charge in [-0.1, -0.05) is 10.6 Å². The van der Waals surface area contributed by atoms with Crippen molar-refractivity contribution in [1.29, 1.82) is 0 Å². The first-order valence-corrected chi connectivity index (χ1v) is 4.97. The third kappa shape index (κ3) is 2.20. The number of anilines is 1. The van der Waals surface area contributed by atoms with E-state index < -0.39 is 0 Å². The lowest BCUT2D eigenvalue weighted by Crippen LogP contribution is -1.99. The average Bonchev–Trinajstić information content (AvgIpc) is 2.67. The van der Waals surface area contributed by atoms with E-state index in [-0.39, 0.29) is 5.75 Å². The summed E-state index contributed by atoms with van der Waals surface area (Å²) in [6, 6.07) is 6.98. The average molecular weight is 207 g/mol. The van der Waals surface area contributed by atoms with Crippen LogP contribution in [0.3, 0.4) is 0 Å². The molecule has 1 aromatic carbocycles. The van der Waals surface area contributed by atoms with Crippen molar-refractivity contribution in [3.63, 3.8) is 0 Å². The van der Waals surface area contributed by atoms with Gasteiger partial charge in [0.1, 0.15) is 5.75 Å². The molecule has 0 radical (unpaired) electrons. The number of hydrogen-bond acceptors (Lipinski definition) is 5. The zero-order valence-electron chi connectivity index (χ0n) is 7.34. The molecular weight excluding hydrogens is 198 g/mol. The maximum absolute atomic E-state index is 9.20. The van der Waals surface area contributed by atoms with Crippen LogP contribution in [0.25, 0.3) is 0 Å². The third-order valence-corrected chi connectivity index (χ3v) is 2.28. The highest BCUT2D eigenvalue weighted by Crippen LogP contribution is 2.15. The molecule has 14 heavy (non-hydrogen) atoms. The van der Waals surface area contributed by atoms with Crippen LogP contribution in [0.5, 0.6) is 5.75 Å². The predicted octanol–water partition coefficient (Wildman–Crippen LogP) is 1.86. The van der Waals surface area contributed by atoms with Gasteiger partial charge in [0.25, 0.3) is 0 Å². The fourth-order valence-electron chi connectivity index (χ4n) is 1.07. The molecule has 2 N–H and O–H groups in total. The highest BCUT2D eigenvalue weighted by atomic mass is 32.1. The lowest BCUT2D eigenvalue weighted by Gasteiger charge is -2.03. The zero-order chi connectivity index (χ0) is 9.80. The van der Waals surface area contributed by atoms with Crippen LogP contribution < -0.4 is 5.32 Å². The molecular formula is C9H9N3OS. The van der Waals surface area contributed by atoms with Crippen LogP contribution in [0.1, 0.15) is 5.69 Å². The summed E-state index contributed by atoms with van der Waals surface area (Å²) in [6.45, 7) is 0.625. The van der Waals surface area contributed by atoms with Gasteiger partial charge in [0.15, 0.2) is 0 Å². The van der Waals surface area contributed by atoms with Crippen LogP contribution in [0, 0.1) is 0 Å². The van der Waals surface area contributed by atoms with Crippen LogP contribution in [0.4, 0.5) is 5.69 Å². The predicted molar refractivity (Wildman–Crippen MR) is 55.3 cm³/mol. The monoisotopic (exact) mass is 207 g/mol. The van der Waals surface area contributed by atoms with Gasteiger partial charge in [0.05, 0.1) is 12.2 Å². The van der Waals surface area contributed by atoms with Gasteiger partial charge in [-0.15, -0.1) is 5.10 Å². The van der Waals surface area contributed by atoms with Crippen molar-refractivity contribution in [2.24, 2.45) is 0 Å². The second kappa shape index (κ2) is 4.06. The Morgan fingerprint density at radius 1 is 1.43 bits per heavy atom. The van der Waals surface area contributed by atoms with Crippen molar-refractivity contribution in [3.05, 3.63) is 35.3 Å². The van der Waals surface area contributed by atoms with Gasteiger partial charge in [0.2, 0.25) is 0 Å². The summed E-state index contributed by atoms with van der Waals surface area (Å²) < 4.78 is 3.75. The number of nitrogens with one attached hydrogen (secondary N) is 1. The Hall–Kier alpha value is -1.62. The fraction of sp³-hybridized carbons (Fsp3) is 0.111. The molecule has 0 aliphatic rings. The topological polar surface area (TPSA) is 58.0 Å². The molecule has 0 amide bonds. The number of phenols is 1. The molecule has 0 aliphatic carbocycles. The Kier molecular flexibility index (Phi) is 2.60. The fourth-order valence-corrected chi connectivity index (χ4v) is 1.52. The van der Waals surface area contributed by atoms with Crippen molar-refractivity contribution >= 4 is 17.2 Å². The molecule has 1 aromatic heterocycles. The van der Waals surface area contributed by atoms with E-state index in [1.165, 1.54) is 11.5 Å². The molecule has 2 rings (SSSR count). The van der Waals surface area contributed by atoms with Gasteiger partial charge in [-0.3, -0.25) is 0 Å². The van der Waals surface area contributed by atoms with Crippen LogP contribution in [-0.2, 0) is 6.54 Å². The smallest absolute Gasteiger partial charge is 0.117 e. The molecule has 2 aromatic rings. The zero-order valence-corrected chi connectivity index (χ0v) is 8.16. The van der Waals surface area contributed by atoms with Crippen molar-refractivity contribution in [3.8, 4) is 5.75 Å². The maximum Gasteiger partial charge on any atom is 0.117 e. The number of hydrogen-bond donors (Lipinski definition) is 2. The van der Waals surface area contributed by atoms with Crippen LogP contribution in [0.2, 0.25) is 0 Å². The first-order chi connectivity index (χ1) is 6.84. The SMILES string of the molecule is Oc1cccc(NCc2csnn2)c1. The normalized spacial score (nSPS) is 10.0. The molecule has 0 aliphatic heterocycles. The minimum atomic E-state index is 0.256. The molecule has 0 saturated carbocycles. The van der Waals surface area contributed by atoms with Gasteiger partial charge in [-0.05, 0) is 23.7 Å². The molecule has 4 nitrogen and oxygen atoms in total.